The molecule has 1 aromatic carbocycles. The van der Waals surface area contributed by atoms with Gasteiger partial charge in [-0.05, 0) is 18.2 Å². The van der Waals surface area contributed by atoms with E-state index in [9.17, 15) is 4.79 Å². The number of esters is 1. The van der Waals surface area contributed by atoms with E-state index in [1.165, 1.54) is 7.11 Å². The van der Waals surface area contributed by atoms with E-state index >= 15 is 0 Å². The topological polar surface area (TPSA) is 58.2 Å². The number of carbonyl (C=O) groups excluding carboxylic acids is 1. The Balaban J connectivity index is 2.27. The van der Waals surface area contributed by atoms with E-state index in [4.69, 9.17) is 11.6 Å². The number of nitrogens with zero attached hydrogens (tertiary/aromatic N) is 2. The molecule has 0 spiro atoms. The Hall–Kier alpha value is -1.75. The summed E-state index contributed by atoms with van der Waals surface area (Å²) in [6.07, 6.45) is 0. The van der Waals surface area contributed by atoms with Gasteiger partial charge < -0.3 is 14.6 Å². The number of H-pyrrole nitrogens is 1. The van der Waals surface area contributed by atoms with E-state index in [0.29, 0.717) is 11.0 Å². The highest BCUT2D eigenvalue weighted by Crippen LogP contribution is 2.20. The first-order valence-corrected chi connectivity index (χ1v) is 5.41. The van der Waals surface area contributed by atoms with Gasteiger partial charge in [0.1, 0.15) is 6.54 Å². The third-order valence-electron chi connectivity index (χ3n) is 2.39. The molecule has 90 valence electrons. The van der Waals surface area contributed by atoms with Gasteiger partial charge in [-0.25, -0.2) is 4.98 Å². The lowest BCUT2D eigenvalue weighted by molar-refractivity contribution is -0.138. The van der Waals surface area contributed by atoms with E-state index in [1.54, 1.807) is 24.1 Å². The van der Waals surface area contributed by atoms with Crippen molar-refractivity contribution in [3.05, 3.63) is 23.2 Å². The fourth-order valence-electron chi connectivity index (χ4n) is 1.48. The summed E-state index contributed by atoms with van der Waals surface area (Å²) in [6, 6.07) is 5.39. The molecular weight excluding hydrogens is 242 g/mol. The third-order valence-corrected chi connectivity index (χ3v) is 2.62. The Morgan fingerprint density at radius 1 is 1.59 bits per heavy atom. The van der Waals surface area contributed by atoms with Crippen molar-refractivity contribution < 1.29 is 9.53 Å². The number of hydrogen-bond acceptors (Lipinski definition) is 4. The van der Waals surface area contributed by atoms with Crippen LogP contribution in [0.25, 0.3) is 11.0 Å². The minimum absolute atomic E-state index is 0.143. The van der Waals surface area contributed by atoms with E-state index < -0.39 is 0 Å². The second kappa shape index (κ2) is 4.63. The Morgan fingerprint density at radius 2 is 2.35 bits per heavy atom. The number of likely N-dealkylation sites (N-methyl/N-ethyl adjacent to an activating group) is 1. The van der Waals surface area contributed by atoms with Crippen LogP contribution in [0, 0.1) is 0 Å². The van der Waals surface area contributed by atoms with Gasteiger partial charge in [-0.3, -0.25) is 4.79 Å². The zero-order chi connectivity index (χ0) is 12.4. The lowest BCUT2D eigenvalue weighted by atomic mass is 10.3. The maximum absolute atomic E-state index is 11.1. The van der Waals surface area contributed by atoms with Crippen molar-refractivity contribution in [2.24, 2.45) is 0 Å². The lowest BCUT2D eigenvalue weighted by Gasteiger charge is -2.13. The van der Waals surface area contributed by atoms with Crippen LogP contribution in [0.15, 0.2) is 18.2 Å². The average molecular weight is 254 g/mol. The second-order valence-electron chi connectivity index (χ2n) is 3.65. The smallest absolute Gasteiger partial charge is 0.325 e. The predicted octanol–water partition coefficient (Wildman–Crippen LogP) is 1.83. The summed E-state index contributed by atoms with van der Waals surface area (Å²) in [7, 11) is 3.12. The largest absolute Gasteiger partial charge is 0.468 e. The fraction of sp³-hybridized carbons (Fsp3) is 0.273. The Labute approximate surface area is 103 Å². The molecule has 0 radical (unpaired) electrons. The minimum Gasteiger partial charge on any atom is -0.468 e. The highest BCUT2D eigenvalue weighted by molar-refractivity contribution is 6.31. The molecule has 2 rings (SSSR count). The van der Waals surface area contributed by atoms with Crippen LogP contribution >= 0.6 is 11.6 Å². The average Bonchev–Trinajstić information content (AvgIpc) is 2.71. The molecule has 0 unspecified atom stereocenters. The number of fused-ring (bicyclic) bond motifs is 1. The molecule has 0 amide bonds. The van der Waals surface area contributed by atoms with E-state index in [2.05, 4.69) is 14.7 Å². The maximum atomic E-state index is 11.1. The van der Waals surface area contributed by atoms with Gasteiger partial charge >= 0.3 is 5.97 Å². The van der Waals surface area contributed by atoms with Gasteiger partial charge in [0.15, 0.2) is 0 Å². The number of anilines is 1. The zero-order valence-electron chi connectivity index (χ0n) is 9.53. The molecule has 17 heavy (non-hydrogen) atoms. The number of methoxy groups -OCH3 is 1. The first-order valence-electron chi connectivity index (χ1n) is 5.03. The predicted molar refractivity (Wildman–Crippen MR) is 66.4 cm³/mol. The van der Waals surface area contributed by atoms with Crippen molar-refractivity contribution >= 4 is 34.6 Å². The fourth-order valence-corrected chi connectivity index (χ4v) is 1.65. The van der Waals surface area contributed by atoms with Crippen LogP contribution < -0.4 is 4.90 Å². The van der Waals surface area contributed by atoms with Crippen molar-refractivity contribution in [2.45, 2.75) is 0 Å². The van der Waals surface area contributed by atoms with Gasteiger partial charge in [-0.2, -0.15) is 0 Å². The monoisotopic (exact) mass is 253 g/mol. The highest BCUT2D eigenvalue weighted by Gasteiger charge is 2.11. The number of aromatic nitrogens is 2. The molecule has 1 N–H and O–H groups in total. The molecule has 6 heteroatoms. The van der Waals surface area contributed by atoms with Gasteiger partial charge in [0.2, 0.25) is 5.95 Å². The number of benzene rings is 1. The molecule has 0 fully saturated rings. The van der Waals surface area contributed by atoms with Crippen molar-refractivity contribution in [2.75, 3.05) is 25.6 Å². The quantitative estimate of drug-likeness (QED) is 0.848. The number of imidazole rings is 1. The standard InChI is InChI=1S/C11H12ClN3O2/c1-15(6-10(16)17-2)11-13-8-4-3-7(12)5-9(8)14-11/h3-5H,6H2,1-2H3,(H,13,14). The summed E-state index contributed by atoms with van der Waals surface area (Å²) in [4.78, 5) is 20.3. The van der Waals surface area contributed by atoms with Gasteiger partial charge in [0.25, 0.3) is 0 Å². The minimum atomic E-state index is -0.314. The summed E-state index contributed by atoms with van der Waals surface area (Å²) in [5, 5.41) is 0.642. The van der Waals surface area contributed by atoms with E-state index in [0.717, 1.165) is 11.0 Å². The van der Waals surface area contributed by atoms with E-state index in [-0.39, 0.29) is 12.5 Å². The molecule has 0 saturated heterocycles. The van der Waals surface area contributed by atoms with Gasteiger partial charge in [0, 0.05) is 12.1 Å². The number of hydrogen-bond donors (Lipinski definition) is 1. The molecule has 0 bridgehead atoms. The summed E-state index contributed by atoms with van der Waals surface area (Å²) in [6.45, 7) is 0.143. The number of nitrogens with one attached hydrogen (secondary N) is 1. The van der Waals surface area contributed by atoms with Gasteiger partial charge in [-0.15, -0.1) is 0 Å². The zero-order valence-corrected chi connectivity index (χ0v) is 10.3. The van der Waals surface area contributed by atoms with Crippen LogP contribution in [-0.4, -0.2) is 36.6 Å². The molecule has 0 aliphatic carbocycles. The first kappa shape index (κ1) is 11.7. The number of carbonyl (C=O) groups is 1. The number of halogens is 1. The van der Waals surface area contributed by atoms with Crippen LogP contribution in [0.5, 0.6) is 0 Å². The Kier molecular flexibility index (Phi) is 3.19. The second-order valence-corrected chi connectivity index (χ2v) is 4.09. The van der Waals surface area contributed by atoms with Crippen molar-refractivity contribution in [3.8, 4) is 0 Å². The molecule has 2 aromatic rings. The number of rotatable bonds is 3. The number of ether oxygens (including phenoxy) is 1. The van der Waals surface area contributed by atoms with Crippen molar-refractivity contribution in [3.63, 3.8) is 0 Å². The van der Waals surface area contributed by atoms with Crippen LogP contribution in [0.3, 0.4) is 0 Å². The molecule has 0 atom stereocenters. The SMILES string of the molecule is COC(=O)CN(C)c1nc2ccc(Cl)cc2[nH]1. The molecule has 1 heterocycles. The summed E-state index contributed by atoms with van der Waals surface area (Å²) >= 11 is 5.88. The summed E-state index contributed by atoms with van der Waals surface area (Å²) in [5.41, 5.74) is 1.64. The molecule has 0 aliphatic heterocycles. The van der Waals surface area contributed by atoms with Crippen molar-refractivity contribution in [1.82, 2.24) is 9.97 Å². The maximum Gasteiger partial charge on any atom is 0.325 e. The first-order chi connectivity index (χ1) is 8.10. The summed E-state index contributed by atoms with van der Waals surface area (Å²) in [5.74, 6) is 0.290. The molecule has 1 aromatic heterocycles. The Bertz CT molecular complexity index is 553. The molecule has 0 saturated carbocycles. The van der Waals surface area contributed by atoms with Crippen LogP contribution in [0.2, 0.25) is 5.02 Å². The third kappa shape index (κ3) is 2.50. The van der Waals surface area contributed by atoms with Crippen LogP contribution in [0.4, 0.5) is 5.95 Å². The van der Waals surface area contributed by atoms with Gasteiger partial charge in [-0.1, -0.05) is 11.6 Å². The number of aromatic amines is 1. The van der Waals surface area contributed by atoms with E-state index in [1.807, 2.05) is 6.07 Å². The molecule has 0 aliphatic rings. The van der Waals surface area contributed by atoms with Crippen LogP contribution in [-0.2, 0) is 9.53 Å². The lowest BCUT2D eigenvalue weighted by Crippen LogP contribution is -2.27. The normalized spacial score (nSPS) is 10.5. The molecule has 5 nitrogen and oxygen atoms in total. The molecular formula is C11H12ClN3O2. The van der Waals surface area contributed by atoms with Gasteiger partial charge in [0.05, 0.1) is 18.1 Å². The van der Waals surface area contributed by atoms with Crippen LogP contribution in [0.1, 0.15) is 0 Å². The Morgan fingerprint density at radius 3 is 3.06 bits per heavy atom. The summed E-state index contributed by atoms with van der Waals surface area (Å²) < 4.78 is 4.59. The van der Waals surface area contributed by atoms with Crippen molar-refractivity contribution in [1.29, 1.82) is 0 Å². The highest BCUT2D eigenvalue weighted by atomic mass is 35.5.